The van der Waals surface area contributed by atoms with E-state index in [1.165, 1.54) is 0 Å². The molecule has 1 heterocycles. The normalized spacial score (nSPS) is 15.8. The number of nitrogens with zero attached hydrogens (tertiary/aromatic N) is 3. The summed E-state index contributed by atoms with van der Waals surface area (Å²) in [6.45, 7) is 8.42. The maximum atomic E-state index is 12.5. The zero-order valence-electron chi connectivity index (χ0n) is 15.2. The number of benzene rings is 1. The summed E-state index contributed by atoms with van der Waals surface area (Å²) in [5.74, 6) is -0.219. The van der Waals surface area contributed by atoms with Crippen LogP contribution in [0.3, 0.4) is 0 Å². The van der Waals surface area contributed by atoms with Gasteiger partial charge in [0.15, 0.2) is 0 Å². The first-order chi connectivity index (χ1) is 11.9. The van der Waals surface area contributed by atoms with Crippen LogP contribution in [0.5, 0.6) is 0 Å². The highest BCUT2D eigenvalue weighted by molar-refractivity contribution is 6.31. The molecule has 1 aliphatic heterocycles. The first-order valence-electron chi connectivity index (χ1n) is 8.63. The molecular formula is C18H27ClN4O2. The number of carbonyl (C=O) groups is 2. The summed E-state index contributed by atoms with van der Waals surface area (Å²) in [6, 6.07) is 5.36. The predicted octanol–water partition coefficient (Wildman–Crippen LogP) is 1.68. The minimum atomic E-state index is -0.209. The van der Waals surface area contributed by atoms with Crippen LogP contribution >= 0.6 is 11.6 Å². The topological polar surface area (TPSA) is 55.9 Å². The van der Waals surface area contributed by atoms with Crippen molar-refractivity contribution in [1.82, 2.24) is 14.7 Å². The quantitative estimate of drug-likeness (QED) is 0.832. The Morgan fingerprint density at radius 2 is 1.92 bits per heavy atom. The van der Waals surface area contributed by atoms with Gasteiger partial charge in [-0.25, -0.2) is 0 Å². The lowest BCUT2D eigenvalue weighted by Crippen LogP contribution is -2.49. The van der Waals surface area contributed by atoms with Crippen molar-refractivity contribution in [2.75, 3.05) is 58.2 Å². The second kappa shape index (κ2) is 9.17. The summed E-state index contributed by atoms with van der Waals surface area (Å²) in [7, 11) is 2.08. The summed E-state index contributed by atoms with van der Waals surface area (Å²) in [5, 5.41) is 3.41. The van der Waals surface area contributed by atoms with Gasteiger partial charge in [0.1, 0.15) is 0 Å². The van der Waals surface area contributed by atoms with E-state index in [9.17, 15) is 9.59 Å². The van der Waals surface area contributed by atoms with E-state index in [-0.39, 0.29) is 18.4 Å². The Balaban J connectivity index is 1.88. The number of halogens is 1. The van der Waals surface area contributed by atoms with Gasteiger partial charge >= 0.3 is 0 Å². The van der Waals surface area contributed by atoms with E-state index in [0.717, 1.165) is 31.7 Å². The van der Waals surface area contributed by atoms with Gasteiger partial charge in [0, 0.05) is 43.4 Å². The van der Waals surface area contributed by atoms with Gasteiger partial charge in [-0.05, 0) is 38.6 Å². The Kier molecular flexibility index (Phi) is 7.23. The fraction of sp³-hybridized carbons (Fsp3) is 0.556. The SMILES string of the molecule is CCN(CC(=O)Nc1cc(Cl)ccc1C)C(=O)CN1CCN(C)CC1. The summed E-state index contributed by atoms with van der Waals surface area (Å²) < 4.78 is 0. The zero-order chi connectivity index (χ0) is 18.4. The van der Waals surface area contributed by atoms with E-state index in [0.29, 0.717) is 23.8 Å². The second-order valence-electron chi connectivity index (χ2n) is 6.49. The second-order valence-corrected chi connectivity index (χ2v) is 6.93. The lowest BCUT2D eigenvalue weighted by molar-refractivity contribution is -0.135. The third kappa shape index (κ3) is 5.99. The number of anilines is 1. The Labute approximate surface area is 154 Å². The van der Waals surface area contributed by atoms with Gasteiger partial charge in [0.2, 0.25) is 11.8 Å². The van der Waals surface area contributed by atoms with E-state index in [1.54, 1.807) is 17.0 Å². The van der Waals surface area contributed by atoms with E-state index in [2.05, 4.69) is 22.2 Å². The molecule has 0 aromatic heterocycles. The molecule has 1 aliphatic rings. The Bertz CT molecular complexity index is 615. The molecule has 25 heavy (non-hydrogen) atoms. The third-order valence-corrected chi connectivity index (χ3v) is 4.73. The van der Waals surface area contributed by atoms with Crippen LogP contribution in [0.2, 0.25) is 5.02 Å². The van der Waals surface area contributed by atoms with E-state index in [1.807, 2.05) is 19.9 Å². The van der Waals surface area contributed by atoms with Crippen molar-refractivity contribution >= 4 is 29.1 Å². The largest absolute Gasteiger partial charge is 0.333 e. The molecule has 0 bridgehead atoms. The van der Waals surface area contributed by atoms with Crippen LogP contribution in [0, 0.1) is 6.92 Å². The maximum absolute atomic E-state index is 12.5. The minimum Gasteiger partial charge on any atom is -0.333 e. The summed E-state index contributed by atoms with van der Waals surface area (Å²) in [4.78, 5) is 30.8. The molecule has 0 radical (unpaired) electrons. The molecule has 1 N–H and O–H groups in total. The van der Waals surface area contributed by atoms with Gasteiger partial charge in [0.05, 0.1) is 13.1 Å². The Morgan fingerprint density at radius 1 is 1.24 bits per heavy atom. The fourth-order valence-corrected chi connectivity index (χ4v) is 2.94. The summed E-state index contributed by atoms with van der Waals surface area (Å²) >= 11 is 5.98. The fourth-order valence-electron chi connectivity index (χ4n) is 2.77. The van der Waals surface area contributed by atoms with Crippen LogP contribution in [-0.4, -0.2) is 79.4 Å². The molecule has 0 aliphatic carbocycles. The van der Waals surface area contributed by atoms with Crippen LogP contribution in [-0.2, 0) is 9.59 Å². The number of hydrogen-bond donors (Lipinski definition) is 1. The number of carbonyl (C=O) groups excluding carboxylic acids is 2. The standard InChI is InChI=1S/C18H27ClN4O2/c1-4-23(18(25)13-22-9-7-21(3)8-10-22)12-17(24)20-16-11-15(19)6-5-14(16)2/h5-6,11H,4,7-10,12-13H2,1-3H3,(H,20,24). The maximum Gasteiger partial charge on any atom is 0.244 e. The number of aryl methyl sites for hydroxylation is 1. The van der Waals surface area contributed by atoms with E-state index >= 15 is 0 Å². The molecular weight excluding hydrogens is 340 g/mol. The Morgan fingerprint density at radius 3 is 2.56 bits per heavy atom. The average Bonchev–Trinajstić information content (AvgIpc) is 2.58. The molecule has 0 saturated carbocycles. The van der Waals surface area contributed by atoms with Gasteiger partial charge in [0.25, 0.3) is 0 Å². The van der Waals surface area contributed by atoms with Crippen LogP contribution in [0.15, 0.2) is 18.2 Å². The molecule has 7 heteroatoms. The zero-order valence-corrected chi connectivity index (χ0v) is 16.0. The number of hydrogen-bond acceptors (Lipinski definition) is 4. The summed E-state index contributed by atoms with van der Waals surface area (Å²) in [6.07, 6.45) is 0. The van der Waals surface area contributed by atoms with Gasteiger partial charge in [-0.1, -0.05) is 17.7 Å². The van der Waals surface area contributed by atoms with Crippen molar-refractivity contribution in [2.24, 2.45) is 0 Å². The monoisotopic (exact) mass is 366 g/mol. The number of amides is 2. The molecule has 1 saturated heterocycles. The predicted molar refractivity (Wildman–Crippen MR) is 101 cm³/mol. The van der Waals surface area contributed by atoms with Crippen LogP contribution in [0.1, 0.15) is 12.5 Å². The smallest absolute Gasteiger partial charge is 0.244 e. The molecule has 1 aromatic carbocycles. The van der Waals surface area contributed by atoms with Crippen molar-refractivity contribution in [1.29, 1.82) is 0 Å². The van der Waals surface area contributed by atoms with Crippen LogP contribution in [0.25, 0.3) is 0 Å². The summed E-state index contributed by atoms with van der Waals surface area (Å²) in [5.41, 5.74) is 1.62. The molecule has 0 spiro atoms. The molecule has 6 nitrogen and oxygen atoms in total. The average molecular weight is 367 g/mol. The molecule has 2 amide bonds. The highest BCUT2D eigenvalue weighted by atomic mass is 35.5. The van der Waals surface area contributed by atoms with Crippen LogP contribution < -0.4 is 5.32 Å². The highest BCUT2D eigenvalue weighted by Crippen LogP contribution is 2.20. The van der Waals surface area contributed by atoms with Crippen LogP contribution in [0.4, 0.5) is 5.69 Å². The van der Waals surface area contributed by atoms with Gasteiger partial charge in [-0.15, -0.1) is 0 Å². The number of nitrogens with one attached hydrogen (secondary N) is 1. The lowest BCUT2D eigenvalue weighted by Gasteiger charge is -2.33. The number of piperazine rings is 1. The molecule has 1 aromatic rings. The van der Waals surface area contributed by atoms with E-state index in [4.69, 9.17) is 11.6 Å². The Hall–Kier alpha value is -1.63. The van der Waals surface area contributed by atoms with Crippen molar-refractivity contribution in [2.45, 2.75) is 13.8 Å². The number of rotatable bonds is 6. The van der Waals surface area contributed by atoms with Crippen molar-refractivity contribution in [3.63, 3.8) is 0 Å². The van der Waals surface area contributed by atoms with Crippen molar-refractivity contribution in [3.05, 3.63) is 28.8 Å². The molecule has 0 unspecified atom stereocenters. The van der Waals surface area contributed by atoms with Gasteiger partial charge in [-0.2, -0.15) is 0 Å². The molecule has 2 rings (SSSR count). The highest BCUT2D eigenvalue weighted by Gasteiger charge is 2.21. The lowest BCUT2D eigenvalue weighted by atomic mass is 10.2. The first kappa shape index (κ1) is 19.7. The van der Waals surface area contributed by atoms with E-state index < -0.39 is 0 Å². The van der Waals surface area contributed by atoms with Gasteiger partial charge < -0.3 is 15.1 Å². The van der Waals surface area contributed by atoms with Crippen molar-refractivity contribution < 1.29 is 9.59 Å². The molecule has 0 atom stereocenters. The number of likely N-dealkylation sites (N-methyl/N-ethyl adjacent to an activating group) is 2. The third-order valence-electron chi connectivity index (χ3n) is 4.50. The van der Waals surface area contributed by atoms with Crippen molar-refractivity contribution in [3.8, 4) is 0 Å². The first-order valence-corrected chi connectivity index (χ1v) is 9.01. The molecule has 138 valence electrons. The minimum absolute atomic E-state index is 0.00924. The van der Waals surface area contributed by atoms with Gasteiger partial charge in [-0.3, -0.25) is 14.5 Å². The molecule has 1 fully saturated rings.